The van der Waals surface area contributed by atoms with Crippen molar-refractivity contribution in [1.82, 2.24) is 5.06 Å². The number of amides is 2. The van der Waals surface area contributed by atoms with Crippen molar-refractivity contribution in [1.29, 1.82) is 0 Å². The second-order valence-electron chi connectivity index (χ2n) is 6.36. The standard InChI is InChI=1S/C19H22ClN3O3/c1-26-16-6-2-4-13(9-16)11-22-7-3-5-15-8-14(10-17(20)18(15)22)12-23(25)19(21)24/h2,4,6,8-10,25H,3,5,7,11-12H2,1H3,(H2,21,24). The fourth-order valence-electron chi connectivity index (χ4n) is 3.33. The third-order valence-electron chi connectivity index (χ3n) is 4.49. The number of fused-ring (bicyclic) bond motifs is 1. The van der Waals surface area contributed by atoms with Crippen molar-refractivity contribution in [2.24, 2.45) is 5.73 Å². The topological polar surface area (TPSA) is 79.0 Å². The molecule has 6 nitrogen and oxygen atoms in total. The van der Waals surface area contributed by atoms with E-state index in [9.17, 15) is 10.0 Å². The molecule has 3 rings (SSSR count). The molecule has 3 N–H and O–H groups in total. The Morgan fingerprint density at radius 3 is 2.88 bits per heavy atom. The van der Waals surface area contributed by atoms with Gasteiger partial charge in [-0.05, 0) is 47.7 Å². The predicted octanol–water partition coefficient (Wildman–Crippen LogP) is 3.57. The van der Waals surface area contributed by atoms with Crippen LogP contribution in [0.3, 0.4) is 0 Å². The van der Waals surface area contributed by atoms with Gasteiger partial charge in [0, 0.05) is 13.1 Å². The lowest BCUT2D eigenvalue weighted by Crippen LogP contribution is -2.32. The monoisotopic (exact) mass is 375 g/mol. The lowest BCUT2D eigenvalue weighted by atomic mass is 9.98. The van der Waals surface area contributed by atoms with Crippen LogP contribution in [-0.4, -0.2) is 30.0 Å². The molecular weight excluding hydrogens is 354 g/mol. The van der Waals surface area contributed by atoms with E-state index in [0.717, 1.165) is 54.1 Å². The maximum atomic E-state index is 11.0. The number of hydrogen-bond donors (Lipinski definition) is 2. The number of rotatable bonds is 5. The number of aryl methyl sites for hydroxylation is 1. The number of benzene rings is 2. The van der Waals surface area contributed by atoms with Crippen LogP contribution in [0.4, 0.5) is 10.5 Å². The number of carbonyl (C=O) groups excluding carboxylic acids is 1. The van der Waals surface area contributed by atoms with Crippen LogP contribution in [0.25, 0.3) is 0 Å². The van der Waals surface area contributed by atoms with Crippen LogP contribution in [0.1, 0.15) is 23.1 Å². The highest BCUT2D eigenvalue weighted by Crippen LogP contribution is 2.36. The lowest BCUT2D eigenvalue weighted by Gasteiger charge is -2.33. The summed E-state index contributed by atoms with van der Waals surface area (Å²) in [6.45, 7) is 1.66. The largest absolute Gasteiger partial charge is 0.497 e. The Kier molecular flexibility index (Phi) is 5.54. The third-order valence-corrected chi connectivity index (χ3v) is 4.77. The first-order valence-corrected chi connectivity index (χ1v) is 8.80. The van der Waals surface area contributed by atoms with Crippen molar-refractivity contribution in [3.63, 3.8) is 0 Å². The number of nitrogens with zero attached hydrogens (tertiary/aromatic N) is 2. The van der Waals surface area contributed by atoms with Gasteiger partial charge < -0.3 is 15.4 Å². The smallest absolute Gasteiger partial charge is 0.338 e. The molecule has 0 radical (unpaired) electrons. The van der Waals surface area contributed by atoms with Crippen LogP contribution in [0, 0.1) is 0 Å². The highest BCUT2D eigenvalue weighted by molar-refractivity contribution is 6.33. The minimum Gasteiger partial charge on any atom is -0.497 e. The van der Waals surface area contributed by atoms with Crippen LogP contribution in [0.2, 0.25) is 5.02 Å². The number of hydrogen-bond acceptors (Lipinski definition) is 4. The molecule has 0 saturated heterocycles. The number of carbonyl (C=O) groups is 1. The van der Waals surface area contributed by atoms with E-state index in [-0.39, 0.29) is 6.54 Å². The van der Waals surface area contributed by atoms with Crippen molar-refractivity contribution in [3.05, 3.63) is 58.1 Å². The van der Waals surface area contributed by atoms with E-state index in [1.54, 1.807) is 13.2 Å². The summed E-state index contributed by atoms with van der Waals surface area (Å²) in [5.41, 5.74) is 9.09. The quantitative estimate of drug-likeness (QED) is 0.618. The van der Waals surface area contributed by atoms with E-state index in [1.807, 2.05) is 24.3 Å². The first-order chi connectivity index (χ1) is 12.5. The van der Waals surface area contributed by atoms with Crippen LogP contribution in [-0.2, 0) is 19.5 Å². The fraction of sp³-hybridized carbons (Fsp3) is 0.316. The second-order valence-corrected chi connectivity index (χ2v) is 6.77. The van der Waals surface area contributed by atoms with Crippen molar-refractivity contribution < 1.29 is 14.7 Å². The summed E-state index contributed by atoms with van der Waals surface area (Å²) in [5, 5.41) is 10.7. The number of urea groups is 1. The van der Waals surface area contributed by atoms with Gasteiger partial charge in [0.2, 0.25) is 0 Å². The SMILES string of the molecule is COc1cccc(CN2CCCc3cc(CN(O)C(N)=O)cc(Cl)c32)c1. The van der Waals surface area contributed by atoms with Gasteiger partial charge in [-0.25, -0.2) is 9.86 Å². The van der Waals surface area contributed by atoms with Gasteiger partial charge in [-0.15, -0.1) is 0 Å². The van der Waals surface area contributed by atoms with E-state index in [2.05, 4.69) is 11.0 Å². The normalized spacial score (nSPS) is 13.3. The first kappa shape index (κ1) is 18.4. The number of hydroxylamine groups is 2. The van der Waals surface area contributed by atoms with Gasteiger partial charge in [-0.1, -0.05) is 29.8 Å². The number of ether oxygens (including phenoxy) is 1. The molecule has 0 bridgehead atoms. The third kappa shape index (κ3) is 4.03. The molecule has 0 spiro atoms. The lowest BCUT2D eigenvalue weighted by molar-refractivity contribution is -0.0470. The molecule has 7 heteroatoms. The molecular formula is C19H22ClN3O3. The number of anilines is 1. The minimum atomic E-state index is -0.890. The van der Waals surface area contributed by atoms with Crippen molar-refractivity contribution in [3.8, 4) is 5.75 Å². The molecule has 0 aromatic heterocycles. The molecule has 0 fully saturated rings. The molecule has 2 amide bonds. The van der Waals surface area contributed by atoms with E-state index in [1.165, 1.54) is 0 Å². The van der Waals surface area contributed by atoms with Gasteiger partial charge >= 0.3 is 6.03 Å². The van der Waals surface area contributed by atoms with Crippen molar-refractivity contribution >= 4 is 23.3 Å². The maximum Gasteiger partial charge on any atom is 0.338 e. The zero-order valence-corrected chi connectivity index (χ0v) is 15.4. The van der Waals surface area contributed by atoms with E-state index in [0.29, 0.717) is 10.1 Å². The highest BCUT2D eigenvalue weighted by Gasteiger charge is 2.22. The van der Waals surface area contributed by atoms with Crippen LogP contribution in [0.15, 0.2) is 36.4 Å². The van der Waals surface area contributed by atoms with E-state index >= 15 is 0 Å². The molecule has 0 unspecified atom stereocenters. The molecule has 1 aliphatic heterocycles. The molecule has 0 saturated carbocycles. The number of nitrogens with two attached hydrogens (primary N) is 1. The molecule has 0 aliphatic carbocycles. The van der Waals surface area contributed by atoms with E-state index in [4.69, 9.17) is 22.1 Å². The summed E-state index contributed by atoms with van der Waals surface area (Å²) in [6, 6.07) is 10.8. The molecule has 138 valence electrons. The van der Waals surface area contributed by atoms with E-state index < -0.39 is 6.03 Å². The Hall–Kier alpha value is -2.44. The summed E-state index contributed by atoms with van der Waals surface area (Å²) in [5.74, 6) is 0.829. The number of methoxy groups -OCH3 is 1. The highest BCUT2D eigenvalue weighted by atomic mass is 35.5. The van der Waals surface area contributed by atoms with Gasteiger partial charge in [0.05, 0.1) is 24.4 Å². The Bertz CT molecular complexity index is 813. The van der Waals surface area contributed by atoms with Crippen molar-refractivity contribution in [2.75, 3.05) is 18.6 Å². The Morgan fingerprint density at radius 1 is 1.35 bits per heavy atom. The van der Waals surface area contributed by atoms with Gasteiger partial charge in [-0.2, -0.15) is 0 Å². The number of halogens is 1. The van der Waals surface area contributed by atoms with Crippen LogP contribution < -0.4 is 15.4 Å². The Labute approximate surface area is 157 Å². The first-order valence-electron chi connectivity index (χ1n) is 8.43. The zero-order chi connectivity index (χ0) is 18.7. The number of primary amides is 1. The van der Waals surface area contributed by atoms with Gasteiger partial charge in [0.25, 0.3) is 0 Å². The summed E-state index contributed by atoms with van der Waals surface area (Å²) in [6.07, 6.45) is 1.91. The summed E-state index contributed by atoms with van der Waals surface area (Å²) < 4.78 is 5.30. The van der Waals surface area contributed by atoms with Crippen LogP contribution in [0.5, 0.6) is 5.75 Å². The van der Waals surface area contributed by atoms with Gasteiger partial charge in [-0.3, -0.25) is 5.21 Å². The summed E-state index contributed by atoms with van der Waals surface area (Å²) in [4.78, 5) is 13.3. The summed E-state index contributed by atoms with van der Waals surface area (Å²) in [7, 11) is 1.66. The Morgan fingerprint density at radius 2 is 2.15 bits per heavy atom. The second kappa shape index (κ2) is 7.85. The maximum absolute atomic E-state index is 11.0. The average molecular weight is 376 g/mol. The molecule has 1 aliphatic rings. The molecule has 26 heavy (non-hydrogen) atoms. The summed E-state index contributed by atoms with van der Waals surface area (Å²) >= 11 is 6.55. The zero-order valence-electron chi connectivity index (χ0n) is 14.6. The average Bonchev–Trinajstić information content (AvgIpc) is 2.61. The van der Waals surface area contributed by atoms with Crippen LogP contribution >= 0.6 is 11.6 Å². The molecule has 0 atom stereocenters. The van der Waals surface area contributed by atoms with Crippen molar-refractivity contribution in [2.45, 2.75) is 25.9 Å². The molecule has 2 aromatic carbocycles. The molecule has 2 aromatic rings. The fourth-order valence-corrected chi connectivity index (χ4v) is 3.71. The van der Waals surface area contributed by atoms with Gasteiger partial charge in [0.15, 0.2) is 0 Å². The Balaban J connectivity index is 1.86. The van der Waals surface area contributed by atoms with Gasteiger partial charge in [0.1, 0.15) is 5.75 Å². The predicted molar refractivity (Wildman–Crippen MR) is 101 cm³/mol. The minimum absolute atomic E-state index is 0.0121. The molecule has 1 heterocycles.